The number of rotatable bonds is 5. The van der Waals surface area contributed by atoms with Gasteiger partial charge in [0, 0.05) is 17.1 Å². The van der Waals surface area contributed by atoms with E-state index in [1.165, 1.54) is 0 Å². The Balaban J connectivity index is 2.00. The smallest absolute Gasteiger partial charge is 0.287 e. The third-order valence-corrected chi connectivity index (χ3v) is 3.12. The van der Waals surface area contributed by atoms with E-state index in [1.807, 2.05) is 13.8 Å². The average Bonchev–Trinajstić information content (AvgIpc) is 2.88. The zero-order chi connectivity index (χ0) is 15.4. The van der Waals surface area contributed by atoms with E-state index in [1.54, 1.807) is 30.3 Å². The third kappa shape index (κ3) is 4.41. The van der Waals surface area contributed by atoms with Crippen LogP contribution in [-0.2, 0) is 6.61 Å². The van der Waals surface area contributed by atoms with Gasteiger partial charge in [-0.2, -0.15) is 0 Å². The quantitative estimate of drug-likeness (QED) is 0.890. The Morgan fingerprint density at radius 3 is 2.76 bits per heavy atom. The molecule has 0 radical (unpaired) electrons. The minimum absolute atomic E-state index is 0.0487. The van der Waals surface area contributed by atoms with Crippen molar-refractivity contribution in [2.45, 2.75) is 26.5 Å². The molecule has 0 atom stereocenters. The Bertz CT molecular complexity index is 638. The maximum absolute atomic E-state index is 11.8. The summed E-state index contributed by atoms with van der Waals surface area (Å²) in [6, 6.07) is 8.30. The fourth-order valence-corrected chi connectivity index (χ4v) is 1.98. The van der Waals surface area contributed by atoms with Crippen LogP contribution in [-0.4, -0.2) is 11.9 Å². The number of ether oxygens (including phenoxy) is 1. The lowest BCUT2D eigenvalue weighted by Crippen LogP contribution is -2.29. The summed E-state index contributed by atoms with van der Waals surface area (Å²) in [5, 5.41) is 3.75. The fourth-order valence-electron chi connectivity index (χ4n) is 1.65. The Labute approximate surface area is 133 Å². The van der Waals surface area contributed by atoms with E-state index in [4.69, 9.17) is 32.4 Å². The molecule has 4 nitrogen and oxygen atoms in total. The summed E-state index contributed by atoms with van der Waals surface area (Å²) in [4.78, 5) is 11.8. The highest BCUT2D eigenvalue weighted by molar-refractivity contribution is 6.34. The van der Waals surface area contributed by atoms with Crippen molar-refractivity contribution in [3.05, 3.63) is 51.9 Å². The van der Waals surface area contributed by atoms with Gasteiger partial charge in [0.2, 0.25) is 0 Å². The lowest BCUT2D eigenvalue weighted by molar-refractivity contribution is 0.0911. The second-order valence-electron chi connectivity index (χ2n) is 4.76. The van der Waals surface area contributed by atoms with Gasteiger partial charge in [0.1, 0.15) is 18.1 Å². The summed E-state index contributed by atoms with van der Waals surface area (Å²) < 4.78 is 11.0. The van der Waals surface area contributed by atoms with Gasteiger partial charge in [0.25, 0.3) is 5.91 Å². The van der Waals surface area contributed by atoms with Gasteiger partial charge in [-0.1, -0.05) is 23.2 Å². The maximum Gasteiger partial charge on any atom is 0.287 e. The molecule has 1 aromatic carbocycles. The highest BCUT2D eigenvalue weighted by atomic mass is 35.5. The molecule has 0 unspecified atom stereocenters. The van der Waals surface area contributed by atoms with Crippen molar-refractivity contribution in [2.24, 2.45) is 0 Å². The van der Waals surface area contributed by atoms with Crippen molar-refractivity contribution in [1.82, 2.24) is 5.32 Å². The Kier molecular flexibility index (Phi) is 5.15. The largest absolute Gasteiger partial charge is 0.484 e. The number of furan rings is 1. The Morgan fingerprint density at radius 1 is 1.29 bits per heavy atom. The van der Waals surface area contributed by atoms with Gasteiger partial charge in [0.05, 0.1) is 5.02 Å². The molecule has 1 N–H and O–H groups in total. The second-order valence-corrected chi connectivity index (χ2v) is 5.60. The predicted octanol–water partition coefficient (Wildman–Crippen LogP) is 4.30. The van der Waals surface area contributed by atoms with Crippen LogP contribution >= 0.6 is 23.2 Å². The number of halogens is 2. The molecule has 0 saturated carbocycles. The highest BCUT2D eigenvalue weighted by Crippen LogP contribution is 2.28. The van der Waals surface area contributed by atoms with E-state index in [0.717, 1.165) is 0 Å². The molecule has 0 saturated heterocycles. The minimum atomic E-state index is -0.253. The van der Waals surface area contributed by atoms with Crippen molar-refractivity contribution in [3.63, 3.8) is 0 Å². The first kappa shape index (κ1) is 15.7. The van der Waals surface area contributed by atoms with Crippen LogP contribution in [0.4, 0.5) is 0 Å². The fraction of sp³-hybridized carbons (Fsp3) is 0.267. The number of carbonyl (C=O) groups is 1. The van der Waals surface area contributed by atoms with Gasteiger partial charge < -0.3 is 14.5 Å². The summed E-state index contributed by atoms with van der Waals surface area (Å²) in [7, 11) is 0. The first-order valence-electron chi connectivity index (χ1n) is 6.43. The number of amides is 1. The standard InChI is InChI=1S/C15H15Cl2NO3/c1-9(2)18-15(19)13-6-4-11(21-13)8-20-14-7-10(16)3-5-12(14)17/h3-7,9H,8H2,1-2H3,(H,18,19). The lowest BCUT2D eigenvalue weighted by Gasteiger charge is -2.07. The van der Waals surface area contributed by atoms with Crippen LogP contribution < -0.4 is 10.1 Å². The maximum atomic E-state index is 11.8. The summed E-state index contributed by atoms with van der Waals surface area (Å²) in [6.07, 6.45) is 0. The zero-order valence-electron chi connectivity index (χ0n) is 11.7. The van der Waals surface area contributed by atoms with Crippen LogP contribution in [0.5, 0.6) is 5.75 Å². The van der Waals surface area contributed by atoms with Crippen molar-refractivity contribution in [1.29, 1.82) is 0 Å². The molecule has 0 aliphatic rings. The highest BCUT2D eigenvalue weighted by Gasteiger charge is 2.12. The molecule has 0 aliphatic heterocycles. The lowest BCUT2D eigenvalue weighted by atomic mass is 10.3. The van der Waals surface area contributed by atoms with E-state index in [0.29, 0.717) is 21.6 Å². The van der Waals surface area contributed by atoms with Gasteiger partial charge in [-0.05, 0) is 38.1 Å². The molecule has 2 aromatic rings. The van der Waals surface area contributed by atoms with Gasteiger partial charge >= 0.3 is 0 Å². The van der Waals surface area contributed by atoms with Crippen molar-refractivity contribution < 1.29 is 13.9 Å². The molecule has 6 heteroatoms. The predicted molar refractivity (Wildman–Crippen MR) is 82.1 cm³/mol. The molecule has 0 fully saturated rings. The van der Waals surface area contributed by atoms with Crippen molar-refractivity contribution >= 4 is 29.1 Å². The Morgan fingerprint density at radius 2 is 2.05 bits per heavy atom. The summed E-state index contributed by atoms with van der Waals surface area (Å²) in [5.74, 6) is 0.991. The molecule has 1 aromatic heterocycles. The number of hydrogen-bond donors (Lipinski definition) is 1. The average molecular weight is 328 g/mol. The van der Waals surface area contributed by atoms with E-state index in [9.17, 15) is 4.79 Å². The molecule has 1 heterocycles. The van der Waals surface area contributed by atoms with Gasteiger partial charge in [-0.3, -0.25) is 4.79 Å². The summed E-state index contributed by atoms with van der Waals surface area (Å²) in [6.45, 7) is 3.92. The van der Waals surface area contributed by atoms with Crippen LogP contribution in [0.2, 0.25) is 10.0 Å². The molecule has 21 heavy (non-hydrogen) atoms. The van der Waals surface area contributed by atoms with Crippen molar-refractivity contribution in [3.8, 4) is 5.75 Å². The number of benzene rings is 1. The normalized spacial score (nSPS) is 10.7. The minimum Gasteiger partial charge on any atom is -0.484 e. The summed E-state index contributed by atoms with van der Waals surface area (Å²) in [5.41, 5.74) is 0. The van der Waals surface area contributed by atoms with Gasteiger partial charge in [0.15, 0.2) is 5.76 Å². The molecular formula is C15H15Cl2NO3. The first-order valence-corrected chi connectivity index (χ1v) is 7.18. The first-order chi connectivity index (χ1) is 9.95. The third-order valence-electron chi connectivity index (χ3n) is 2.57. The van der Waals surface area contributed by atoms with E-state index >= 15 is 0 Å². The monoisotopic (exact) mass is 327 g/mol. The summed E-state index contributed by atoms with van der Waals surface area (Å²) >= 11 is 11.9. The molecule has 112 valence electrons. The number of hydrogen-bond acceptors (Lipinski definition) is 3. The van der Waals surface area contributed by atoms with Crippen LogP contribution in [0, 0.1) is 0 Å². The van der Waals surface area contributed by atoms with E-state index < -0.39 is 0 Å². The van der Waals surface area contributed by atoms with Crippen LogP contribution in [0.3, 0.4) is 0 Å². The van der Waals surface area contributed by atoms with E-state index in [2.05, 4.69) is 5.32 Å². The molecule has 2 rings (SSSR count). The van der Waals surface area contributed by atoms with Crippen molar-refractivity contribution in [2.75, 3.05) is 0 Å². The molecule has 0 spiro atoms. The van der Waals surface area contributed by atoms with E-state index in [-0.39, 0.29) is 24.3 Å². The topological polar surface area (TPSA) is 51.5 Å². The van der Waals surface area contributed by atoms with Gasteiger partial charge in [-0.25, -0.2) is 0 Å². The molecule has 1 amide bonds. The number of nitrogens with one attached hydrogen (secondary N) is 1. The van der Waals surface area contributed by atoms with Gasteiger partial charge in [-0.15, -0.1) is 0 Å². The van der Waals surface area contributed by atoms with Crippen LogP contribution in [0.15, 0.2) is 34.7 Å². The molecular weight excluding hydrogens is 313 g/mol. The van der Waals surface area contributed by atoms with Crippen LogP contribution in [0.1, 0.15) is 30.2 Å². The Hall–Kier alpha value is -1.65. The molecule has 0 aliphatic carbocycles. The second kappa shape index (κ2) is 6.87. The zero-order valence-corrected chi connectivity index (χ0v) is 13.2. The number of carbonyl (C=O) groups excluding carboxylic acids is 1. The molecule has 0 bridgehead atoms. The van der Waals surface area contributed by atoms with Crippen LogP contribution in [0.25, 0.3) is 0 Å². The SMILES string of the molecule is CC(C)NC(=O)c1ccc(COc2cc(Cl)ccc2Cl)o1.